The van der Waals surface area contributed by atoms with Crippen LogP contribution in [0.3, 0.4) is 0 Å². The standard InChI is InChI=1S/C16H21F2NO5/c1-2-3-9-22-16(21)19-13(24-15(17)18)10-14(20)23-11-12-7-5-4-6-8-12/h4-8,13,15H,2-3,9-11H2,1H3,(H,19,21). The molecular formula is C16H21F2NO5. The lowest BCUT2D eigenvalue weighted by molar-refractivity contribution is -0.179. The van der Waals surface area contributed by atoms with Crippen molar-refractivity contribution in [2.24, 2.45) is 0 Å². The van der Waals surface area contributed by atoms with Crippen molar-refractivity contribution in [1.82, 2.24) is 5.32 Å². The van der Waals surface area contributed by atoms with Gasteiger partial charge < -0.3 is 9.47 Å². The van der Waals surface area contributed by atoms with Gasteiger partial charge in [-0.2, -0.15) is 8.78 Å². The number of alkyl carbamates (subject to hydrolysis) is 1. The molecule has 0 radical (unpaired) electrons. The van der Waals surface area contributed by atoms with Crippen molar-refractivity contribution in [1.29, 1.82) is 0 Å². The van der Waals surface area contributed by atoms with Gasteiger partial charge in [-0.05, 0) is 12.0 Å². The number of ether oxygens (including phenoxy) is 3. The van der Waals surface area contributed by atoms with Crippen LogP contribution in [0.25, 0.3) is 0 Å². The molecule has 1 unspecified atom stereocenters. The third kappa shape index (κ3) is 9.04. The second kappa shape index (κ2) is 11.3. The zero-order valence-electron chi connectivity index (χ0n) is 13.4. The fourth-order valence-electron chi connectivity index (χ4n) is 1.69. The van der Waals surface area contributed by atoms with Gasteiger partial charge in [0.1, 0.15) is 12.8 Å². The van der Waals surface area contributed by atoms with Gasteiger partial charge in [0.05, 0.1) is 13.0 Å². The van der Waals surface area contributed by atoms with Crippen LogP contribution in [0, 0.1) is 0 Å². The number of hydrogen-bond donors (Lipinski definition) is 1. The zero-order chi connectivity index (χ0) is 17.8. The van der Waals surface area contributed by atoms with Crippen molar-refractivity contribution in [2.45, 2.75) is 45.6 Å². The third-order valence-corrected chi connectivity index (χ3v) is 2.87. The van der Waals surface area contributed by atoms with E-state index < -0.39 is 31.3 Å². The summed E-state index contributed by atoms with van der Waals surface area (Å²) in [5.74, 6) is -0.779. The summed E-state index contributed by atoms with van der Waals surface area (Å²) in [5.41, 5.74) is 0.754. The Morgan fingerprint density at radius 2 is 1.88 bits per heavy atom. The van der Waals surface area contributed by atoms with E-state index in [-0.39, 0.29) is 13.2 Å². The van der Waals surface area contributed by atoms with Crippen LogP contribution in [-0.2, 0) is 25.6 Å². The molecule has 0 aromatic heterocycles. The Balaban J connectivity index is 2.42. The van der Waals surface area contributed by atoms with E-state index in [2.05, 4.69) is 10.1 Å². The van der Waals surface area contributed by atoms with Gasteiger partial charge in [-0.3, -0.25) is 14.8 Å². The SMILES string of the molecule is CCCCOC(=O)NC(CC(=O)OCc1ccccc1)OC(F)F. The molecule has 0 aliphatic rings. The lowest BCUT2D eigenvalue weighted by atomic mass is 10.2. The number of benzene rings is 1. The molecular weight excluding hydrogens is 324 g/mol. The number of carbonyl (C=O) groups is 2. The quantitative estimate of drug-likeness (QED) is 0.400. The summed E-state index contributed by atoms with van der Waals surface area (Å²) in [5, 5.41) is 2.07. The number of rotatable bonds is 10. The molecule has 1 amide bonds. The van der Waals surface area contributed by atoms with E-state index in [9.17, 15) is 18.4 Å². The van der Waals surface area contributed by atoms with E-state index in [0.29, 0.717) is 6.42 Å². The first-order chi connectivity index (χ1) is 11.5. The predicted molar refractivity (Wildman–Crippen MR) is 81.1 cm³/mol. The molecule has 0 saturated heterocycles. The van der Waals surface area contributed by atoms with Gasteiger partial charge in [-0.25, -0.2) is 4.79 Å². The predicted octanol–water partition coefficient (Wildman–Crippen LogP) is 3.21. The highest BCUT2D eigenvalue weighted by Gasteiger charge is 2.22. The number of carbonyl (C=O) groups excluding carboxylic acids is 2. The first-order valence-electron chi connectivity index (χ1n) is 7.57. The Labute approximate surface area is 139 Å². The van der Waals surface area contributed by atoms with E-state index in [1.807, 2.05) is 13.0 Å². The van der Waals surface area contributed by atoms with E-state index in [1.54, 1.807) is 24.3 Å². The molecule has 1 N–H and O–H groups in total. The summed E-state index contributed by atoms with van der Waals surface area (Å²) in [6.07, 6.45) is -1.55. The van der Waals surface area contributed by atoms with Gasteiger partial charge in [-0.1, -0.05) is 43.7 Å². The molecule has 0 aliphatic heterocycles. The summed E-state index contributed by atoms with van der Waals surface area (Å²) in [6.45, 7) is -1.08. The minimum atomic E-state index is -3.15. The van der Waals surface area contributed by atoms with Crippen LogP contribution in [0.5, 0.6) is 0 Å². The van der Waals surface area contributed by atoms with Crippen LogP contribution in [0.15, 0.2) is 30.3 Å². The summed E-state index contributed by atoms with van der Waals surface area (Å²) in [7, 11) is 0. The van der Waals surface area contributed by atoms with Gasteiger partial charge >= 0.3 is 18.7 Å². The van der Waals surface area contributed by atoms with Crippen molar-refractivity contribution >= 4 is 12.1 Å². The van der Waals surface area contributed by atoms with Crippen molar-refractivity contribution < 1.29 is 32.6 Å². The van der Waals surface area contributed by atoms with Crippen LogP contribution in [0.1, 0.15) is 31.7 Å². The van der Waals surface area contributed by atoms with Gasteiger partial charge in [-0.15, -0.1) is 0 Å². The lowest BCUT2D eigenvalue weighted by Crippen LogP contribution is -2.40. The van der Waals surface area contributed by atoms with Gasteiger partial charge in [0.2, 0.25) is 0 Å². The minimum Gasteiger partial charge on any atom is -0.461 e. The fourth-order valence-corrected chi connectivity index (χ4v) is 1.69. The summed E-state index contributed by atoms with van der Waals surface area (Å²) in [6, 6.07) is 8.87. The second-order valence-corrected chi connectivity index (χ2v) is 4.87. The summed E-state index contributed by atoms with van der Waals surface area (Å²) < 4.78 is 38.7. The molecule has 0 saturated carbocycles. The molecule has 0 heterocycles. The molecule has 1 atom stereocenters. The fraction of sp³-hybridized carbons (Fsp3) is 0.500. The van der Waals surface area contributed by atoms with Crippen molar-refractivity contribution in [3.8, 4) is 0 Å². The number of amides is 1. The summed E-state index contributed by atoms with van der Waals surface area (Å²) >= 11 is 0. The molecule has 0 fully saturated rings. The largest absolute Gasteiger partial charge is 0.461 e. The van der Waals surface area contributed by atoms with E-state index in [0.717, 1.165) is 12.0 Å². The van der Waals surface area contributed by atoms with Gasteiger partial charge in [0, 0.05) is 0 Å². The number of unbranched alkanes of at least 4 members (excludes halogenated alkanes) is 1. The number of nitrogens with one attached hydrogen (secondary N) is 1. The van der Waals surface area contributed by atoms with Crippen molar-refractivity contribution in [3.63, 3.8) is 0 Å². The number of alkyl halides is 2. The highest BCUT2D eigenvalue weighted by molar-refractivity contribution is 5.72. The molecule has 6 nitrogen and oxygen atoms in total. The van der Waals surface area contributed by atoms with Crippen LogP contribution in [0.2, 0.25) is 0 Å². The van der Waals surface area contributed by atoms with E-state index >= 15 is 0 Å². The molecule has 1 aromatic rings. The Bertz CT molecular complexity index is 499. The van der Waals surface area contributed by atoms with Crippen LogP contribution < -0.4 is 5.32 Å². The van der Waals surface area contributed by atoms with Gasteiger partial charge in [0.15, 0.2) is 0 Å². The van der Waals surface area contributed by atoms with Crippen molar-refractivity contribution in [2.75, 3.05) is 6.61 Å². The molecule has 24 heavy (non-hydrogen) atoms. The normalized spacial score (nSPS) is 11.8. The maximum atomic E-state index is 12.4. The number of halogens is 2. The average Bonchev–Trinajstić information content (AvgIpc) is 2.53. The monoisotopic (exact) mass is 345 g/mol. The minimum absolute atomic E-state index is 0.00200. The first kappa shape index (κ1) is 19.8. The van der Waals surface area contributed by atoms with Crippen molar-refractivity contribution in [3.05, 3.63) is 35.9 Å². The molecule has 0 bridgehead atoms. The average molecular weight is 345 g/mol. The Kier molecular flexibility index (Phi) is 9.36. The first-order valence-corrected chi connectivity index (χ1v) is 7.57. The number of esters is 1. The second-order valence-electron chi connectivity index (χ2n) is 4.87. The van der Waals surface area contributed by atoms with E-state index in [4.69, 9.17) is 9.47 Å². The highest BCUT2D eigenvalue weighted by atomic mass is 19.3. The van der Waals surface area contributed by atoms with E-state index in [1.165, 1.54) is 0 Å². The highest BCUT2D eigenvalue weighted by Crippen LogP contribution is 2.07. The number of hydrogen-bond acceptors (Lipinski definition) is 5. The summed E-state index contributed by atoms with van der Waals surface area (Å²) in [4.78, 5) is 23.2. The van der Waals surface area contributed by atoms with Crippen LogP contribution in [-0.4, -0.2) is 31.5 Å². The third-order valence-electron chi connectivity index (χ3n) is 2.87. The van der Waals surface area contributed by atoms with Crippen LogP contribution in [0.4, 0.5) is 13.6 Å². The molecule has 1 rings (SSSR count). The molecule has 1 aromatic carbocycles. The Morgan fingerprint density at radius 3 is 2.50 bits per heavy atom. The topological polar surface area (TPSA) is 73.9 Å². The van der Waals surface area contributed by atoms with Crippen LogP contribution >= 0.6 is 0 Å². The van der Waals surface area contributed by atoms with Gasteiger partial charge in [0.25, 0.3) is 0 Å². The maximum absolute atomic E-state index is 12.4. The zero-order valence-corrected chi connectivity index (χ0v) is 13.4. The molecule has 0 aliphatic carbocycles. The maximum Gasteiger partial charge on any atom is 0.409 e. The Morgan fingerprint density at radius 1 is 1.17 bits per heavy atom. The lowest BCUT2D eigenvalue weighted by Gasteiger charge is -2.18. The Hall–Kier alpha value is -2.22. The molecule has 134 valence electrons. The molecule has 0 spiro atoms. The molecule has 8 heteroatoms. The smallest absolute Gasteiger partial charge is 0.409 e.